The van der Waals surface area contributed by atoms with E-state index in [0.717, 1.165) is 21.7 Å². The number of aromatic nitrogens is 2. The second-order valence-corrected chi connectivity index (χ2v) is 8.48. The molecule has 140 valence electrons. The first kappa shape index (κ1) is 18.7. The van der Waals surface area contributed by atoms with E-state index in [2.05, 4.69) is 0 Å². The van der Waals surface area contributed by atoms with Crippen molar-refractivity contribution in [2.45, 2.75) is 19.0 Å². The van der Waals surface area contributed by atoms with E-state index >= 15 is 0 Å². The molecule has 0 spiro atoms. The van der Waals surface area contributed by atoms with Crippen LogP contribution >= 0.6 is 23.1 Å². The van der Waals surface area contributed by atoms with Gasteiger partial charge in [0.25, 0.3) is 5.56 Å². The normalized spacial score (nSPS) is 11.1. The molecule has 4 rings (SSSR count). The van der Waals surface area contributed by atoms with Crippen molar-refractivity contribution >= 4 is 39.1 Å². The molecule has 0 bridgehead atoms. The van der Waals surface area contributed by atoms with Crippen molar-refractivity contribution in [1.29, 1.82) is 0 Å². The van der Waals surface area contributed by atoms with Crippen molar-refractivity contribution in [2.75, 3.05) is 5.75 Å². The molecular weight excluding hydrogens is 388 g/mol. The standard InChI is InChI=1S/C22H18N2O2S2/c1-14-8-6-7-11-18(14)24-21(26)17-12-19(16-9-4-3-5-10-16)28-20(17)23-22(24)27-13-15(2)25/h3-12H,13H2,1-2H3. The zero-order valence-electron chi connectivity index (χ0n) is 15.5. The van der Waals surface area contributed by atoms with Gasteiger partial charge in [0, 0.05) is 4.88 Å². The molecule has 0 saturated heterocycles. The highest BCUT2D eigenvalue weighted by Gasteiger charge is 2.18. The van der Waals surface area contributed by atoms with Crippen molar-refractivity contribution in [3.05, 3.63) is 76.6 Å². The summed E-state index contributed by atoms with van der Waals surface area (Å²) in [5, 5.41) is 1.14. The zero-order valence-corrected chi connectivity index (χ0v) is 17.1. The summed E-state index contributed by atoms with van der Waals surface area (Å²) in [6.45, 7) is 3.51. The second kappa shape index (κ2) is 7.73. The predicted molar refractivity (Wildman–Crippen MR) is 117 cm³/mol. The lowest BCUT2D eigenvalue weighted by Crippen LogP contribution is -2.22. The van der Waals surface area contributed by atoms with Crippen LogP contribution in [0.2, 0.25) is 0 Å². The average molecular weight is 407 g/mol. The van der Waals surface area contributed by atoms with Crippen LogP contribution < -0.4 is 5.56 Å². The van der Waals surface area contributed by atoms with Gasteiger partial charge in [-0.25, -0.2) is 4.98 Å². The molecule has 0 aliphatic rings. The number of para-hydroxylation sites is 1. The van der Waals surface area contributed by atoms with Crippen molar-refractivity contribution in [3.63, 3.8) is 0 Å². The molecule has 0 aliphatic carbocycles. The van der Waals surface area contributed by atoms with E-state index < -0.39 is 0 Å². The number of nitrogens with zero attached hydrogens (tertiary/aromatic N) is 2. The average Bonchev–Trinajstić information content (AvgIpc) is 3.13. The number of rotatable bonds is 5. The summed E-state index contributed by atoms with van der Waals surface area (Å²) in [5.41, 5.74) is 2.73. The van der Waals surface area contributed by atoms with E-state index in [0.29, 0.717) is 15.4 Å². The molecule has 0 N–H and O–H groups in total. The molecule has 2 aromatic heterocycles. The number of fused-ring (bicyclic) bond motifs is 1. The van der Waals surface area contributed by atoms with Gasteiger partial charge in [-0.15, -0.1) is 11.3 Å². The molecule has 4 aromatic rings. The van der Waals surface area contributed by atoms with Gasteiger partial charge in [0.05, 0.1) is 16.8 Å². The van der Waals surface area contributed by atoms with Crippen LogP contribution in [-0.4, -0.2) is 21.1 Å². The van der Waals surface area contributed by atoms with Crippen LogP contribution in [0.1, 0.15) is 12.5 Å². The number of ketones is 1. The highest BCUT2D eigenvalue weighted by atomic mass is 32.2. The smallest absolute Gasteiger partial charge is 0.267 e. The SMILES string of the molecule is CC(=O)CSc1nc2sc(-c3ccccc3)cc2c(=O)n1-c1ccccc1C. The van der Waals surface area contributed by atoms with Crippen LogP contribution in [0.5, 0.6) is 0 Å². The highest BCUT2D eigenvalue weighted by molar-refractivity contribution is 7.99. The molecule has 0 aliphatic heterocycles. The van der Waals surface area contributed by atoms with E-state index in [4.69, 9.17) is 4.98 Å². The Morgan fingerprint density at radius 1 is 1.11 bits per heavy atom. The van der Waals surface area contributed by atoms with Gasteiger partial charge in [-0.3, -0.25) is 14.2 Å². The summed E-state index contributed by atoms with van der Waals surface area (Å²) in [4.78, 5) is 31.4. The first-order valence-corrected chi connectivity index (χ1v) is 10.6. The number of carbonyl (C=O) groups is 1. The van der Waals surface area contributed by atoms with Crippen LogP contribution in [0, 0.1) is 6.92 Å². The minimum Gasteiger partial charge on any atom is -0.299 e. The zero-order chi connectivity index (χ0) is 19.7. The van der Waals surface area contributed by atoms with Gasteiger partial charge in [0.15, 0.2) is 5.16 Å². The number of benzene rings is 2. The summed E-state index contributed by atoms with van der Waals surface area (Å²) >= 11 is 2.80. The lowest BCUT2D eigenvalue weighted by Gasteiger charge is -2.13. The Bertz CT molecular complexity index is 1230. The lowest BCUT2D eigenvalue weighted by atomic mass is 10.2. The molecule has 6 heteroatoms. The first-order chi connectivity index (χ1) is 13.5. The van der Waals surface area contributed by atoms with Crippen LogP contribution in [-0.2, 0) is 4.79 Å². The Kier molecular flexibility index (Phi) is 5.15. The number of carbonyl (C=O) groups excluding carboxylic acids is 1. The maximum Gasteiger partial charge on any atom is 0.267 e. The number of thiophene rings is 1. The van der Waals surface area contributed by atoms with E-state index in [1.54, 1.807) is 11.5 Å². The van der Waals surface area contributed by atoms with Gasteiger partial charge < -0.3 is 0 Å². The predicted octanol–water partition coefficient (Wildman–Crippen LogP) is 5.10. The number of hydrogen-bond donors (Lipinski definition) is 0. The Balaban J connectivity index is 1.96. The minimum absolute atomic E-state index is 0.0480. The molecule has 0 saturated carbocycles. The van der Waals surface area contributed by atoms with E-state index in [1.165, 1.54) is 23.1 Å². The van der Waals surface area contributed by atoms with Crippen molar-refractivity contribution in [3.8, 4) is 16.1 Å². The highest BCUT2D eigenvalue weighted by Crippen LogP contribution is 2.33. The molecule has 28 heavy (non-hydrogen) atoms. The van der Waals surface area contributed by atoms with Crippen molar-refractivity contribution in [1.82, 2.24) is 9.55 Å². The van der Waals surface area contributed by atoms with Crippen LogP contribution in [0.4, 0.5) is 0 Å². The third-order valence-electron chi connectivity index (χ3n) is 4.35. The first-order valence-electron chi connectivity index (χ1n) is 8.85. The van der Waals surface area contributed by atoms with E-state index in [9.17, 15) is 9.59 Å². The quantitative estimate of drug-likeness (QED) is 0.342. The third-order valence-corrected chi connectivity index (χ3v) is 6.51. The fourth-order valence-electron chi connectivity index (χ4n) is 3.00. The molecule has 4 nitrogen and oxygen atoms in total. The lowest BCUT2D eigenvalue weighted by molar-refractivity contribution is -0.114. The van der Waals surface area contributed by atoms with E-state index in [1.807, 2.05) is 67.6 Å². The molecular formula is C22H18N2O2S2. The molecule has 2 aromatic carbocycles. The summed E-state index contributed by atoms with van der Waals surface area (Å²) in [6, 6.07) is 19.6. The van der Waals surface area contributed by atoms with Gasteiger partial charge in [-0.05, 0) is 37.1 Å². The summed E-state index contributed by atoms with van der Waals surface area (Å²) in [5.74, 6) is 0.327. The number of thioether (sulfide) groups is 1. The monoisotopic (exact) mass is 406 g/mol. The van der Waals surface area contributed by atoms with Gasteiger partial charge in [0.2, 0.25) is 0 Å². The fourth-order valence-corrected chi connectivity index (χ4v) is 4.88. The molecule has 0 fully saturated rings. The van der Waals surface area contributed by atoms with Crippen LogP contribution in [0.3, 0.4) is 0 Å². The summed E-state index contributed by atoms with van der Waals surface area (Å²) in [6.07, 6.45) is 0. The Labute approximate surface area is 170 Å². The Hall–Kier alpha value is -2.70. The molecule has 2 heterocycles. The number of hydrogen-bond acceptors (Lipinski definition) is 5. The maximum atomic E-state index is 13.4. The summed E-state index contributed by atoms with van der Waals surface area (Å²) in [7, 11) is 0. The molecule has 0 unspecified atom stereocenters. The Morgan fingerprint density at radius 2 is 1.82 bits per heavy atom. The fraction of sp³-hybridized carbons (Fsp3) is 0.136. The van der Waals surface area contributed by atoms with E-state index in [-0.39, 0.29) is 17.1 Å². The molecule has 0 radical (unpaired) electrons. The third kappa shape index (κ3) is 3.53. The van der Waals surface area contributed by atoms with Crippen molar-refractivity contribution in [2.24, 2.45) is 0 Å². The number of aryl methyl sites for hydroxylation is 1. The largest absolute Gasteiger partial charge is 0.299 e. The van der Waals surface area contributed by atoms with Gasteiger partial charge in [0.1, 0.15) is 10.6 Å². The number of Topliss-reactive ketones (excluding diaryl/α,β-unsaturated/α-hetero) is 1. The molecule has 0 amide bonds. The van der Waals surface area contributed by atoms with Crippen molar-refractivity contribution < 1.29 is 4.79 Å². The van der Waals surface area contributed by atoms with Gasteiger partial charge >= 0.3 is 0 Å². The minimum atomic E-state index is -0.108. The topological polar surface area (TPSA) is 52.0 Å². The van der Waals surface area contributed by atoms with Crippen LogP contribution in [0.15, 0.2) is 70.6 Å². The molecule has 0 atom stereocenters. The summed E-state index contributed by atoms with van der Waals surface area (Å²) < 4.78 is 1.63. The van der Waals surface area contributed by atoms with Crippen LogP contribution in [0.25, 0.3) is 26.3 Å². The van der Waals surface area contributed by atoms with Gasteiger partial charge in [-0.2, -0.15) is 0 Å². The Morgan fingerprint density at radius 3 is 2.54 bits per heavy atom. The maximum absolute atomic E-state index is 13.4. The van der Waals surface area contributed by atoms with Gasteiger partial charge in [-0.1, -0.05) is 60.3 Å². The second-order valence-electron chi connectivity index (χ2n) is 6.51.